The minimum absolute atomic E-state index is 0. The number of halogens is 6. The summed E-state index contributed by atoms with van der Waals surface area (Å²) in [6.45, 7) is 0. The van der Waals surface area contributed by atoms with Crippen LogP contribution in [0.15, 0.2) is 444 Å². The predicted octanol–water partition coefficient (Wildman–Crippen LogP) is 42.1. The van der Waals surface area contributed by atoms with Gasteiger partial charge in [0.15, 0.2) is 0 Å². The highest BCUT2D eigenvalue weighted by atomic mass is 79.9. The summed E-state index contributed by atoms with van der Waals surface area (Å²) in [6.07, 6.45) is 0. The van der Waals surface area contributed by atoms with Gasteiger partial charge in [-0.2, -0.15) is 0 Å². The Labute approximate surface area is 836 Å². The Balaban J connectivity index is 0.000000116. The van der Waals surface area contributed by atoms with Crippen LogP contribution in [0.2, 0.25) is 15.1 Å². The Morgan fingerprint density at radius 3 is 0.872 bits per heavy atom. The van der Waals surface area contributed by atoms with Crippen LogP contribution in [0.5, 0.6) is 0 Å². The fourth-order valence-electron chi connectivity index (χ4n) is 16.9. The molecule has 0 aliphatic carbocycles. The summed E-state index contributed by atoms with van der Waals surface area (Å²) in [7, 11) is 0. The fourth-order valence-corrected chi connectivity index (χ4v) is 26.9. The number of rotatable bonds is 13. The molecule has 17 heteroatoms. The minimum atomic E-state index is 0. The minimum Gasteiger partial charge on any atom is -0.356 e. The van der Waals surface area contributed by atoms with Gasteiger partial charge in [0.2, 0.25) is 0 Å². The number of para-hydroxylation sites is 7. The maximum atomic E-state index is 6.86. The van der Waals surface area contributed by atoms with Crippen molar-refractivity contribution < 1.29 is 0 Å². The Hall–Kier alpha value is -12.2. The summed E-state index contributed by atoms with van der Waals surface area (Å²) in [5.41, 5.74) is 14.5. The molecule has 0 atom stereocenters. The highest BCUT2D eigenvalue weighted by Crippen LogP contribution is 2.52. The van der Waals surface area contributed by atoms with Crippen molar-refractivity contribution in [3.63, 3.8) is 0 Å². The molecule has 0 unspecified atom stereocenters. The van der Waals surface area contributed by atoms with Crippen molar-refractivity contribution in [3.05, 3.63) is 459 Å². The van der Waals surface area contributed by atoms with Crippen LogP contribution in [0.3, 0.4) is 0 Å². The van der Waals surface area contributed by atoms with Crippen molar-refractivity contribution in [2.24, 2.45) is 0 Å². The van der Waals surface area contributed by atoms with Gasteiger partial charge in [0.25, 0.3) is 0 Å². The van der Waals surface area contributed by atoms with Crippen LogP contribution < -0.4 is 25.3 Å². The van der Waals surface area contributed by atoms with Gasteiger partial charge in [-0.3, -0.25) is 0 Å². The van der Waals surface area contributed by atoms with E-state index in [1.54, 1.807) is 34.0 Å². The topological polar surface area (TPSA) is 33.8 Å². The zero-order valence-corrected chi connectivity index (χ0v) is 81.5. The van der Waals surface area contributed by atoms with Crippen LogP contribution in [-0.2, 0) is 0 Å². The van der Waals surface area contributed by atoms with Crippen molar-refractivity contribution >= 4 is 346 Å². The molecular formula is C116H81Br3Cl3N5S6. The zero-order valence-electron chi connectivity index (χ0n) is 69.6. The quantitative estimate of drug-likeness (QED) is 0.120. The highest BCUT2D eigenvalue weighted by molar-refractivity contribution is 9.11. The molecule has 2 N–H and O–H groups in total. The van der Waals surface area contributed by atoms with E-state index in [0.29, 0.717) is 0 Å². The molecule has 0 aliphatic heterocycles. The number of anilines is 13. The largest absolute Gasteiger partial charge is 0.356 e. The standard InChI is InChI=1S/C42H27ClN2S2.C30H17BrClNS2.C18H13NS.C12H5Br2ClS.C12H11N.2CH4/c43-28-24-37(45(30-14-6-2-7-15-30)31-16-8-3-9-17-31)42-36-26-32(21-23-39(36)47-41(42)25-28)44(29-12-4-1-5-13-29)33-20-22-35-34-18-10-11-19-38(34)46-40(35)27-33;31-25-14-18(32)15-29-30(25)24-16-20(11-13-27(24)35-29)33(19-6-2-1-3-7-19)21-10-12-23-22-8-4-5-9-26(22)34-28(23)17-21;1-2-6-13(7-3-1)19-14-10-11-16-15-8-4-5-9-17(15)20-18(16)12-14;13-6-1-2-10-8(3-6)12-9(14)4-7(15)5-11(12)16-10;1-3-7-11(8-4-1)13-12-9-5-2-6-10-12;;/h1-27H;1-17H;1-12,19H;1-5H;1-10,13H;2*1H4. The van der Waals surface area contributed by atoms with Crippen LogP contribution in [-0.4, -0.2) is 0 Å². The van der Waals surface area contributed by atoms with Crippen molar-refractivity contribution in [1.82, 2.24) is 0 Å². The van der Waals surface area contributed by atoms with E-state index in [9.17, 15) is 0 Å². The van der Waals surface area contributed by atoms with Crippen molar-refractivity contribution in [2.75, 3.05) is 25.3 Å². The monoisotopic (exact) mass is 2080 g/mol. The predicted molar refractivity (Wildman–Crippen MR) is 605 cm³/mol. The SMILES string of the molecule is C.C.Clc1cc(Br)c2c(c1)sc1ccc(Br)cc12.Clc1cc(Br)c2c(c1)sc1ccc(N(c3ccccc3)c3ccc4c(c3)sc3ccccc34)cc12.Clc1cc(N(c2ccccc2)c2ccccc2)c2c(c1)sc1ccc(N(c3ccccc3)c3ccc4c(c3)sc3ccccc34)cc12.c1ccc(Nc2ccc3c(c2)sc2ccccc23)cc1.c1ccc(Nc2ccccc2)cc1. The lowest BCUT2D eigenvalue weighted by molar-refractivity contribution is 1.29. The molecular weight excluding hydrogens is 2000 g/mol. The number of nitrogens with one attached hydrogen (secondary N) is 2. The lowest BCUT2D eigenvalue weighted by Crippen LogP contribution is -2.10. The van der Waals surface area contributed by atoms with Gasteiger partial charge in [0, 0.05) is 218 Å². The molecule has 133 heavy (non-hydrogen) atoms. The number of benzene rings is 19. The van der Waals surface area contributed by atoms with E-state index in [4.69, 9.17) is 34.8 Å². The van der Waals surface area contributed by atoms with Gasteiger partial charge in [0.05, 0.1) is 5.69 Å². The first kappa shape index (κ1) is 90.0. The van der Waals surface area contributed by atoms with Crippen molar-refractivity contribution in [1.29, 1.82) is 0 Å². The van der Waals surface area contributed by atoms with E-state index in [2.05, 4.69) is 407 Å². The number of thiophene rings is 6. The summed E-state index contributed by atoms with van der Waals surface area (Å²) in [5.74, 6) is 0. The molecule has 0 saturated carbocycles. The molecule has 648 valence electrons. The molecule has 25 rings (SSSR count). The highest BCUT2D eigenvalue weighted by Gasteiger charge is 2.24. The van der Waals surface area contributed by atoms with E-state index in [0.717, 1.165) is 107 Å². The molecule has 0 spiro atoms. The van der Waals surface area contributed by atoms with Crippen LogP contribution in [0.1, 0.15) is 14.9 Å². The van der Waals surface area contributed by atoms with E-state index in [1.165, 1.54) is 116 Å². The molecule has 0 fully saturated rings. The third-order valence-electron chi connectivity index (χ3n) is 22.8. The summed E-state index contributed by atoms with van der Waals surface area (Å²) in [5, 5.41) is 24.2. The molecule has 0 saturated heterocycles. The smallest absolute Gasteiger partial charge is 0.0569 e. The normalized spacial score (nSPS) is 11.1. The van der Waals surface area contributed by atoms with Crippen LogP contribution in [0.4, 0.5) is 73.9 Å². The fraction of sp³-hybridized carbons (Fsp3) is 0.0172. The Morgan fingerprint density at radius 2 is 0.466 bits per heavy atom. The Kier molecular flexibility index (Phi) is 27.3. The van der Waals surface area contributed by atoms with Gasteiger partial charge in [-0.1, -0.05) is 298 Å². The second kappa shape index (κ2) is 40.3. The van der Waals surface area contributed by atoms with Crippen LogP contribution in [0, 0.1) is 0 Å². The molecule has 6 aromatic heterocycles. The van der Waals surface area contributed by atoms with E-state index >= 15 is 0 Å². The van der Waals surface area contributed by atoms with Crippen LogP contribution in [0.25, 0.3) is 121 Å². The second-order valence-corrected chi connectivity index (χ2v) is 41.6. The van der Waals surface area contributed by atoms with Gasteiger partial charge in [-0.15, -0.1) is 68.0 Å². The average molecular weight is 2080 g/mol. The van der Waals surface area contributed by atoms with Gasteiger partial charge >= 0.3 is 0 Å². The summed E-state index contributed by atoms with van der Waals surface area (Å²) >= 11 is 41.0. The van der Waals surface area contributed by atoms with Crippen molar-refractivity contribution in [2.45, 2.75) is 14.9 Å². The molecule has 25 aromatic rings. The average Bonchev–Trinajstić information content (AvgIpc) is 1.82. The maximum absolute atomic E-state index is 6.86. The van der Waals surface area contributed by atoms with E-state index in [-0.39, 0.29) is 14.9 Å². The molecule has 0 radical (unpaired) electrons. The third kappa shape index (κ3) is 19.1. The van der Waals surface area contributed by atoms with E-state index < -0.39 is 0 Å². The molecule has 6 heterocycles. The first-order valence-corrected chi connectivity index (χ1v) is 50.8. The van der Waals surface area contributed by atoms with Gasteiger partial charge < -0.3 is 25.3 Å². The summed E-state index contributed by atoms with van der Waals surface area (Å²) < 4.78 is 18.4. The first-order chi connectivity index (χ1) is 64.4. The molecule has 5 nitrogen and oxygen atoms in total. The number of hydrogen-bond acceptors (Lipinski definition) is 11. The Morgan fingerprint density at radius 1 is 0.188 bits per heavy atom. The second-order valence-electron chi connectivity index (χ2n) is 31.2. The van der Waals surface area contributed by atoms with Crippen LogP contribution >= 0.6 is 151 Å². The summed E-state index contributed by atoms with van der Waals surface area (Å²) in [6, 6.07) is 151. The van der Waals surface area contributed by atoms with Gasteiger partial charge in [-0.05, 0) is 231 Å². The molecule has 0 amide bonds. The number of hydrogen-bond donors (Lipinski definition) is 2. The Bertz CT molecular complexity index is 8400. The molecule has 19 aromatic carbocycles. The lowest BCUT2D eigenvalue weighted by atomic mass is 10.1. The van der Waals surface area contributed by atoms with Gasteiger partial charge in [0.1, 0.15) is 0 Å². The zero-order chi connectivity index (χ0) is 88.4. The molecule has 0 bridgehead atoms. The number of nitrogens with zero attached hydrogens (tertiary/aromatic N) is 3. The summed E-state index contributed by atoms with van der Waals surface area (Å²) in [4.78, 5) is 7.03. The van der Waals surface area contributed by atoms with Gasteiger partial charge in [-0.25, -0.2) is 0 Å². The maximum Gasteiger partial charge on any atom is 0.0569 e. The number of fused-ring (bicyclic) bond motifs is 18. The van der Waals surface area contributed by atoms with E-state index in [1.807, 2.05) is 131 Å². The van der Waals surface area contributed by atoms with Crippen molar-refractivity contribution in [3.8, 4) is 0 Å². The third-order valence-corrected chi connectivity index (χ3v) is 31.9. The molecule has 0 aliphatic rings. The first-order valence-electron chi connectivity index (χ1n) is 42.3. The lowest BCUT2D eigenvalue weighted by Gasteiger charge is -2.27.